The predicted molar refractivity (Wildman–Crippen MR) is 106 cm³/mol. The van der Waals surface area contributed by atoms with E-state index < -0.39 is 16.1 Å². The smallest absolute Gasteiger partial charge is 0.343 e. The molecule has 0 aromatic heterocycles. The highest BCUT2D eigenvalue weighted by molar-refractivity contribution is 14.1. The molecule has 0 spiro atoms. The molecule has 1 saturated carbocycles. The van der Waals surface area contributed by atoms with Gasteiger partial charge in [0, 0.05) is 3.57 Å². The van der Waals surface area contributed by atoms with Crippen molar-refractivity contribution in [3.63, 3.8) is 0 Å². The summed E-state index contributed by atoms with van der Waals surface area (Å²) < 4.78 is 39.4. The molecule has 0 unspecified atom stereocenters. The van der Waals surface area contributed by atoms with Gasteiger partial charge in [0.15, 0.2) is 0 Å². The maximum atomic E-state index is 12.5. The van der Waals surface area contributed by atoms with E-state index in [4.69, 9.17) is 4.74 Å². The van der Waals surface area contributed by atoms with Crippen molar-refractivity contribution in [3.8, 4) is 5.75 Å². The molecule has 1 aliphatic rings. The van der Waals surface area contributed by atoms with Crippen LogP contribution in [0.4, 0.5) is 0 Å². The van der Waals surface area contributed by atoms with Crippen molar-refractivity contribution >= 4 is 38.7 Å². The summed E-state index contributed by atoms with van der Waals surface area (Å²) >= 11 is 2.16. The van der Waals surface area contributed by atoms with E-state index in [9.17, 15) is 17.8 Å². The van der Waals surface area contributed by atoms with E-state index in [1.165, 1.54) is 12.1 Å². The van der Waals surface area contributed by atoms with E-state index in [2.05, 4.69) is 22.6 Å². The molecule has 0 radical (unpaired) electrons. The van der Waals surface area contributed by atoms with Gasteiger partial charge in [0.05, 0.1) is 10.5 Å². The largest absolute Gasteiger partial charge is 0.423 e. The molecule has 0 heterocycles. The van der Waals surface area contributed by atoms with Crippen molar-refractivity contribution < 1.29 is 22.5 Å². The van der Waals surface area contributed by atoms with E-state index >= 15 is 0 Å². The van der Waals surface area contributed by atoms with Gasteiger partial charge in [-0.3, -0.25) is 4.55 Å². The highest BCUT2D eigenvalue weighted by Gasteiger charge is 2.25. The quantitative estimate of drug-likeness (QED) is 0.291. The normalized spacial score (nSPS) is 15.6. The Bertz CT molecular complexity index is 900. The number of benzene rings is 2. The van der Waals surface area contributed by atoms with Crippen LogP contribution >= 0.6 is 22.6 Å². The molecular weight excluding hydrogens is 467 g/mol. The van der Waals surface area contributed by atoms with E-state index in [0.717, 1.165) is 35.7 Å². The van der Waals surface area contributed by atoms with E-state index in [-0.39, 0.29) is 16.4 Å². The summed E-state index contributed by atoms with van der Waals surface area (Å²) in [4.78, 5) is 12.3. The van der Waals surface area contributed by atoms with Gasteiger partial charge in [-0.25, -0.2) is 4.79 Å². The standard InChI is InChI=1S/C19H19IO5S/c20-15-7-9-16(10-8-15)25-19(21)14-6-11-18(26(22,23)24)17(12-14)13-4-2-1-3-5-13/h6-13H,1-5H2,(H,22,23,24). The number of ether oxygens (including phenoxy) is 1. The second kappa shape index (κ2) is 8.06. The summed E-state index contributed by atoms with van der Waals surface area (Å²) in [6.07, 6.45) is 4.82. The Morgan fingerprint density at radius 1 is 1.04 bits per heavy atom. The number of esters is 1. The first-order valence-electron chi connectivity index (χ1n) is 8.44. The summed E-state index contributed by atoms with van der Waals surface area (Å²) in [6.45, 7) is 0. The molecule has 0 amide bonds. The van der Waals surface area contributed by atoms with Crippen LogP contribution in [0.5, 0.6) is 5.75 Å². The molecule has 1 fully saturated rings. The third-order valence-corrected chi connectivity index (χ3v) is 6.24. The van der Waals surface area contributed by atoms with Crippen LogP contribution in [0.2, 0.25) is 0 Å². The summed E-state index contributed by atoms with van der Waals surface area (Å²) in [5.74, 6) is -0.106. The van der Waals surface area contributed by atoms with Crippen molar-refractivity contribution in [1.82, 2.24) is 0 Å². The predicted octanol–water partition coefficient (Wildman–Crippen LogP) is 4.80. The Morgan fingerprint density at radius 2 is 1.69 bits per heavy atom. The van der Waals surface area contributed by atoms with Gasteiger partial charge in [-0.1, -0.05) is 19.3 Å². The van der Waals surface area contributed by atoms with Gasteiger partial charge in [0.2, 0.25) is 0 Å². The van der Waals surface area contributed by atoms with E-state index in [0.29, 0.717) is 11.3 Å². The van der Waals surface area contributed by atoms with Gasteiger partial charge in [-0.05, 0) is 89.4 Å². The van der Waals surface area contributed by atoms with Gasteiger partial charge in [0.1, 0.15) is 5.75 Å². The molecule has 138 valence electrons. The Balaban J connectivity index is 1.92. The van der Waals surface area contributed by atoms with Crippen LogP contribution < -0.4 is 4.74 Å². The first kappa shape index (κ1) is 19.3. The lowest BCUT2D eigenvalue weighted by molar-refractivity contribution is 0.0734. The lowest BCUT2D eigenvalue weighted by Gasteiger charge is -2.24. The molecule has 0 bridgehead atoms. The van der Waals surface area contributed by atoms with Crippen molar-refractivity contribution in [2.75, 3.05) is 0 Å². The van der Waals surface area contributed by atoms with E-state index in [1.807, 2.05) is 12.1 Å². The lowest BCUT2D eigenvalue weighted by atomic mass is 9.83. The summed E-state index contributed by atoms with van der Waals surface area (Å²) in [7, 11) is -4.34. The zero-order valence-corrected chi connectivity index (χ0v) is 17.0. The zero-order chi connectivity index (χ0) is 18.7. The fourth-order valence-corrected chi connectivity index (χ4v) is 4.43. The number of halogens is 1. The van der Waals surface area contributed by atoms with Crippen molar-refractivity contribution in [3.05, 3.63) is 57.2 Å². The molecular formula is C19H19IO5S. The van der Waals surface area contributed by atoms with Crippen LogP contribution in [0.15, 0.2) is 47.4 Å². The second-order valence-electron chi connectivity index (χ2n) is 6.41. The molecule has 3 rings (SSSR count). The van der Waals surface area contributed by atoms with Crippen LogP contribution in [-0.4, -0.2) is 18.9 Å². The van der Waals surface area contributed by atoms with Gasteiger partial charge in [-0.15, -0.1) is 0 Å². The molecule has 5 nitrogen and oxygen atoms in total. The SMILES string of the molecule is O=C(Oc1ccc(I)cc1)c1ccc(S(=O)(=O)O)c(C2CCCCC2)c1. The highest BCUT2D eigenvalue weighted by Crippen LogP contribution is 2.36. The minimum atomic E-state index is -4.34. The summed E-state index contributed by atoms with van der Waals surface area (Å²) in [6, 6.07) is 11.3. The van der Waals surface area contributed by atoms with Gasteiger partial charge in [-0.2, -0.15) is 8.42 Å². The van der Waals surface area contributed by atoms with Gasteiger partial charge < -0.3 is 4.74 Å². The number of rotatable bonds is 4. The molecule has 26 heavy (non-hydrogen) atoms. The van der Waals surface area contributed by atoms with Gasteiger partial charge in [0.25, 0.3) is 10.1 Å². The topological polar surface area (TPSA) is 80.7 Å². The maximum Gasteiger partial charge on any atom is 0.343 e. The summed E-state index contributed by atoms with van der Waals surface area (Å²) in [5, 5.41) is 0. The first-order valence-corrected chi connectivity index (χ1v) is 11.0. The Kier molecular flexibility index (Phi) is 5.99. The van der Waals surface area contributed by atoms with Crippen LogP contribution in [-0.2, 0) is 10.1 Å². The number of hydrogen-bond donors (Lipinski definition) is 1. The first-order chi connectivity index (χ1) is 12.3. The minimum absolute atomic E-state index is 0.0201. The number of carbonyl (C=O) groups is 1. The number of carbonyl (C=O) groups excluding carboxylic acids is 1. The van der Waals surface area contributed by atoms with Crippen LogP contribution in [0.1, 0.15) is 53.9 Å². The fraction of sp³-hybridized carbons (Fsp3) is 0.316. The average Bonchev–Trinajstić information content (AvgIpc) is 2.63. The van der Waals surface area contributed by atoms with Crippen molar-refractivity contribution in [2.45, 2.75) is 42.9 Å². The molecule has 0 saturated heterocycles. The van der Waals surface area contributed by atoms with Crippen molar-refractivity contribution in [2.24, 2.45) is 0 Å². The maximum absolute atomic E-state index is 12.5. The molecule has 7 heteroatoms. The average molecular weight is 486 g/mol. The molecule has 2 aromatic carbocycles. The van der Waals surface area contributed by atoms with Crippen LogP contribution in [0.25, 0.3) is 0 Å². The number of hydrogen-bond acceptors (Lipinski definition) is 4. The third-order valence-electron chi connectivity index (χ3n) is 4.59. The monoisotopic (exact) mass is 486 g/mol. The Morgan fingerprint density at radius 3 is 2.31 bits per heavy atom. The Labute approximate surface area is 166 Å². The minimum Gasteiger partial charge on any atom is -0.423 e. The van der Waals surface area contributed by atoms with E-state index in [1.54, 1.807) is 18.2 Å². The molecule has 0 atom stereocenters. The van der Waals surface area contributed by atoms with Gasteiger partial charge >= 0.3 is 5.97 Å². The zero-order valence-electron chi connectivity index (χ0n) is 14.0. The molecule has 1 N–H and O–H groups in total. The highest BCUT2D eigenvalue weighted by atomic mass is 127. The Hall–Kier alpha value is -1.45. The van der Waals surface area contributed by atoms with Crippen LogP contribution in [0.3, 0.4) is 0 Å². The van der Waals surface area contributed by atoms with Crippen LogP contribution in [0, 0.1) is 3.57 Å². The third kappa shape index (κ3) is 4.63. The molecule has 1 aliphatic carbocycles. The second-order valence-corrected chi connectivity index (χ2v) is 9.04. The van der Waals surface area contributed by atoms with Crippen molar-refractivity contribution in [1.29, 1.82) is 0 Å². The lowest BCUT2D eigenvalue weighted by Crippen LogP contribution is -2.14. The molecule has 2 aromatic rings. The summed E-state index contributed by atoms with van der Waals surface area (Å²) in [5.41, 5.74) is 0.779. The fourth-order valence-electron chi connectivity index (χ4n) is 3.31. The molecule has 0 aliphatic heterocycles.